The number of nitrogens with zero attached hydrogens (tertiary/aromatic N) is 2. The monoisotopic (exact) mass is 503 g/mol. The topological polar surface area (TPSA) is 38.8 Å². The van der Waals surface area contributed by atoms with E-state index in [0.717, 1.165) is 60.3 Å². The Labute approximate surface area is 222 Å². The van der Waals surface area contributed by atoms with Crippen LogP contribution in [0.2, 0.25) is 0 Å². The Morgan fingerprint density at radius 3 is 2.22 bits per heavy atom. The first kappa shape index (κ1) is 27.0. The average molecular weight is 504 g/mol. The molecule has 0 aromatic heterocycles. The third-order valence-corrected chi connectivity index (χ3v) is 8.06. The molecule has 0 saturated heterocycles. The summed E-state index contributed by atoms with van der Waals surface area (Å²) in [5.41, 5.74) is 4.63. The maximum Gasteiger partial charge on any atom is 0.257 e. The lowest BCUT2D eigenvalue weighted by molar-refractivity contribution is -0.937. The SMILES string of the molecule is CC[N+](CC)(CCN(CC1CC1)C(=O)c1cc2cccc(OC)c2cc1OC)Cc1cc(C)cc(C)c1. The van der Waals surface area contributed by atoms with Gasteiger partial charge in [-0.2, -0.15) is 0 Å². The van der Waals surface area contributed by atoms with Crippen LogP contribution in [0, 0.1) is 19.8 Å². The lowest BCUT2D eigenvalue weighted by Gasteiger charge is -2.39. The van der Waals surface area contributed by atoms with Gasteiger partial charge in [-0.25, -0.2) is 0 Å². The predicted molar refractivity (Wildman–Crippen MR) is 152 cm³/mol. The molecular weight excluding hydrogens is 460 g/mol. The highest BCUT2D eigenvalue weighted by atomic mass is 16.5. The number of quaternary nitrogens is 1. The molecule has 5 nitrogen and oxygen atoms in total. The van der Waals surface area contributed by atoms with Crippen molar-refractivity contribution in [1.82, 2.24) is 4.90 Å². The van der Waals surface area contributed by atoms with Crippen molar-refractivity contribution in [3.8, 4) is 11.5 Å². The molecule has 1 fully saturated rings. The summed E-state index contributed by atoms with van der Waals surface area (Å²) in [5, 5.41) is 1.94. The minimum absolute atomic E-state index is 0.0603. The van der Waals surface area contributed by atoms with Crippen molar-refractivity contribution in [2.45, 2.75) is 47.1 Å². The second kappa shape index (κ2) is 11.6. The molecule has 1 aliphatic rings. The molecule has 0 N–H and O–H groups in total. The zero-order valence-corrected chi connectivity index (χ0v) is 23.5. The number of rotatable bonds is 12. The Kier molecular flexibility index (Phi) is 8.43. The Morgan fingerprint density at radius 1 is 0.946 bits per heavy atom. The maximum absolute atomic E-state index is 14.0. The van der Waals surface area contributed by atoms with Crippen LogP contribution < -0.4 is 9.47 Å². The molecule has 4 rings (SSSR count). The van der Waals surface area contributed by atoms with E-state index < -0.39 is 0 Å². The van der Waals surface area contributed by atoms with Crippen molar-refractivity contribution in [1.29, 1.82) is 0 Å². The first-order chi connectivity index (χ1) is 17.8. The fraction of sp³-hybridized carbons (Fsp3) is 0.469. The van der Waals surface area contributed by atoms with Gasteiger partial charge in [0.15, 0.2) is 0 Å². The van der Waals surface area contributed by atoms with Gasteiger partial charge < -0.3 is 18.9 Å². The second-order valence-corrected chi connectivity index (χ2v) is 10.8. The van der Waals surface area contributed by atoms with Gasteiger partial charge in [-0.15, -0.1) is 0 Å². The van der Waals surface area contributed by atoms with Crippen molar-refractivity contribution >= 4 is 16.7 Å². The zero-order chi connectivity index (χ0) is 26.6. The summed E-state index contributed by atoms with van der Waals surface area (Å²) in [6, 6.07) is 16.7. The summed E-state index contributed by atoms with van der Waals surface area (Å²) in [6.45, 7) is 14.4. The number of likely N-dealkylation sites (N-methyl/N-ethyl adjacent to an activating group) is 1. The van der Waals surface area contributed by atoms with Crippen LogP contribution in [0.1, 0.15) is 53.7 Å². The molecule has 0 spiro atoms. The number of ether oxygens (including phenoxy) is 2. The Hall–Kier alpha value is -3.05. The van der Waals surface area contributed by atoms with Crippen molar-refractivity contribution in [3.05, 3.63) is 70.8 Å². The van der Waals surface area contributed by atoms with Crippen LogP contribution in [0.15, 0.2) is 48.5 Å². The molecule has 1 saturated carbocycles. The van der Waals surface area contributed by atoms with Gasteiger partial charge in [-0.1, -0.05) is 41.5 Å². The number of aryl methyl sites for hydroxylation is 2. The molecule has 198 valence electrons. The maximum atomic E-state index is 14.0. The third kappa shape index (κ3) is 6.27. The number of fused-ring (bicyclic) bond motifs is 1. The van der Waals surface area contributed by atoms with E-state index >= 15 is 0 Å². The molecule has 37 heavy (non-hydrogen) atoms. The van der Waals surface area contributed by atoms with Crippen LogP contribution in [-0.4, -0.2) is 62.2 Å². The highest BCUT2D eigenvalue weighted by molar-refractivity contribution is 6.02. The highest BCUT2D eigenvalue weighted by Crippen LogP contribution is 2.34. The number of carbonyl (C=O) groups is 1. The standard InChI is InChI=1S/C32H43N2O3/c1-7-34(8-2,22-26-17-23(3)16-24(4)18-26)15-14-33(21-25-12-13-25)32(35)29-19-27-10-9-11-30(36-5)28(27)20-31(29)37-6/h9-11,16-20,25H,7-8,12-15,21-22H2,1-6H3/q+1. The smallest absolute Gasteiger partial charge is 0.257 e. The second-order valence-electron chi connectivity index (χ2n) is 10.8. The summed E-state index contributed by atoms with van der Waals surface area (Å²) in [7, 11) is 3.31. The number of hydrogen-bond donors (Lipinski definition) is 0. The molecule has 3 aromatic rings. The van der Waals surface area contributed by atoms with Crippen LogP contribution in [-0.2, 0) is 6.54 Å². The molecule has 0 unspecified atom stereocenters. The number of carbonyl (C=O) groups excluding carboxylic acids is 1. The van der Waals surface area contributed by atoms with Crippen molar-refractivity contribution < 1.29 is 18.8 Å². The summed E-state index contributed by atoms with van der Waals surface area (Å²) in [4.78, 5) is 16.1. The minimum Gasteiger partial charge on any atom is -0.496 e. The van der Waals surface area contributed by atoms with Crippen molar-refractivity contribution in [3.63, 3.8) is 0 Å². The van der Waals surface area contributed by atoms with Crippen LogP contribution in [0.3, 0.4) is 0 Å². The third-order valence-electron chi connectivity index (χ3n) is 8.06. The Morgan fingerprint density at radius 2 is 1.62 bits per heavy atom. The molecule has 5 heteroatoms. The van der Waals surface area contributed by atoms with Crippen LogP contribution in [0.5, 0.6) is 11.5 Å². The summed E-state index contributed by atoms with van der Waals surface area (Å²) >= 11 is 0. The molecule has 1 aliphatic carbocycles. The number of benzene rings is 3. The van der Waals surface area contributed by atoms with Crippen LogP contribution in [0.4, 0.5) is 0 Å². The van der Waals surface area contributed by atoms with Gasteiger partial charge in [0.1, 0.15) is 18.0 Å². The van der Waals surface area contributed by atoms with Gasteiger partial charge in [0.05, 0.1) is 46.0 Å². The lowest BCUT2D eigenvalue weighted by atomic mass is 10.0. The predicted octanol–water partition coefficient (Wildman–Crippen LogP) is 6.38. The van der Waals surface area contributed by atoms with Gasteiger partial charge >= 0.3 is 0 Å². The molecular formula is C32H43N2O3+. The van der Waals surface area contributed by atoms with E-state index in [1.165, 1.54) is 29.5 Å². The van der Waals surface area contributed by atoms with E-state index in [-0.39, 0.29) is 5.91 Å². The molecule has 3 aromatic carbocycles. The molecule has 1 amide bonds. The summed E-state index contributed by atoms with van der Waals surface area (Å²) < 4.78 is 12.2. The average Bonchev–Trinajstić information content (AvgIpc) is 3.72. The molecule has 0 heterocycles. The normalized spacial score (nSPS) is 13.6. The van der Waals surface area contributed by atoms with E-state index in [2.05, 4.69) is 50.8 Å². The number of amides is 1. The molecule has 0 aliphatic heterocycles. The number of hydrogen-bond acceptors (Lipinski definition) is 3. The van der Waals surface area contributed by atoms with Crippen molar-refractivity contribution in [2.24, 2.45) is 5.92 Å². The Bertz CT molecular complexity index is 1220. The van der Waals surface area contributed by atoms with E-state index in [4.69, 9.17) is 9.47 Å². The van der Waals surface area contributed by atoms with E-state index in [1.54, 1.807) is 14.2 Å². The molecule has 0 atom stereocenters. The molecule has 0 bridgehead atoms. The summed E-state index contributed by atoms with van der Waals surface area (Å²) in [5.74, 6) is 2.05. The lowest BCUT2D eigenvalue weighted by Crippen LogP contribution is -2.52. The quantitative estimate of drug-likeness (QED) is 0.269. The first-order valence-corrected chi connectivity index (χ1v) is 13.7. The zero-order valence-electron chi connectivity index (χ0n) is 23.5. The molecule has 0 radical (unpaired) electrons. The summed E-state index contributed by atoms with van der Waals surface area (Å²) in [6.07, 6.45) is 2.42. The van der Waals surface area contributed by atoms with E-state index in [1.807, 2.05) is 30.3 Å². The Balaban J connectivity index is 1.61. The highest BCUT2D eigenvalue weighted by Gasteiger charge is 2.32. The van der Waals surface area contributed by atoms with Gasteiger partial charge in [-0.3, -0.25) is 4.79 Å². The first-order valence-electron chi connectivity index (χ1n) is 13.7. The van der Waals surface area contributed by atoms with E-state index in [0.29, 0.717) is 17.2 Å². The van der Waals surface area contributed by atoms with Crippen LogP contribution in [0.25, 0.3) is 10.8 Å². The largest absolute Gasteiger partial charge is 0.496 e. The van der Waals surface area contributed by atoms with Gasteiger partial charge in [0, 0.05) is 17.5 Å². The van der Waals surface area contributed by atoms with Crippen molar-refractivity contribution in [2.75, 3.05) is 46.9 Å². The van der Waals surface area contributed by atoms with Gasteiger partial charge in [-0.05, 0) is 70.0 Å². The fourth-order valence-corrected chi connectivity index (χ4v) is 5.57. The van der Waals surface area contributed by atoms with E-state index in [9.17, 15) is 4.79 Å². The minimum atomic E-state index is 0.0603. The van der Waals surface area contributed by atoms with Crippen LogP contribution >= 0.6 is 0 Å². The fourth-order valence-electron chi connectivity index (χ4n) is 5.57. The van der Waals surface area contributed by atoms with Gasteiger partial charge in [0.25, 0.3) is 5.91 Å². The number of methoxy groups -OCH3 is 2. The van der Waals surface area contributed by atoms with Gasteiger partial charge in [0.2, 0.25) is 0 Å².